The number of nitrogens with zero attached hydrogens (tertiary/aromatic N) is 1. The fourth-order valence-corrected chi connectivity index (χ4v) is 2.59. The van der Waals surface area contributed by atoms with Gasteiger partial charge in [0, 0.05) is 25.3 Å². The van der Waals surface area contributed by atoms with Gasteiger partial charge in [-0.15, -0.1) is 0 Å². The summed E-state index contributed by atoms with van der Waals surface area (Å²) < 4.78 is 45.2. The molecule has 0 saturated carbocycles. The van der Waals surface area contributed by atoms with Crippen LogP contribution in [0.5, 0.6) is 0 Å². The van der Waals surface area contributed by atoms with Gasteiger partial charge >= 0.3 is 6.18 Å². The van der Waals surface area contributed by atoms with Crippen LogP contribution in [0.1, 0.15) is 25.0 Å². The van der Waals surface area contributed by atoms with Gasteiger partial charge in [0.15, 0.2) is 0 Å². The third kappa shape index (κ3) is 3.24. The van der Waals surface area contributed by atoms with Gasteiger partial charge in [-0.2, -0.15) is 13.2 Å². The summed E-state index contributed by atoms with van der Waals surface area (Å²) in [5, 5.41) is 0. The predicted molar refractivity (Wildman–Crippen MR) is 71.6 cm³/mol. The monoisotopic (exact) mass is 288 g/mol. The van der Waals surface area contributed by atoms with Crippen LogP contribution in [-0.2, 0) is 17.5 Å². The van der Waals surface area contributed by atoms with Gasteiger partial charge in [-0.1, -0.05) is 6.07 Å². The first-order chi connectivity index (χ1) is 9.31. The van der Waals surface area contributed by atoms with Crippen LogP contribution in [0.15, 0.2) is 18.2 Å². The van der Waals surface area contributed by atoms with Gasteiger partial charge in [0.05, 0.1) is 17.8 Å². The van der Waals surface area contributed by atoms with Crippen molar-refractivity contribution in [2.45, 2.75) is 38.8 Å². The Morgan fingerprint density at radius 2 is 1.85 bits per heavy atom. The predicted octanol–water partition coefficient (Wildman–Crippen LogP) is 2.78. The first-order valence-corrected chi connectivity index (χ1v) is 6.62. The van der Waals surface area contributed by atoms with Crippen molar-refractivity contribution >= 4 is 5.69 Å². The zero-order valence-electron chi connectivity index (χ0n) is 11.6. The molecule has 1 aliphatic heterocycles. The largest absolute Gasteiger partial charge is 0.418 e. The van der Waals surface area contributed by atoms with Gasteiger partial charge in [-0.3, -0.25) is 0 Å². The molecule has 6 heteroatoms. The summed E-state index contributed by atoms with van der Waals surface area (Å²) >= 11 is 0. The van der Waals surface area contributed by atoms with Gasteiger partial charge in [-0.25, -0.2) is 0 Å². The van der Waals surface area contributed by atoms with Crippen molar-refractivity contribution in [1.29, 1.82) is 0 Å². The van der Waals surface area contributed by atoms with E-state index in [0.29, 0.717) is 18.7 Å². The van der Waals surface area contributed by atoms with Crippen LogP contribution in [0.2, 0.25) is 0 Å². The summed E-state index contributed by atoms with van der Waals surface area (Å²) in [7, 11) is 0. The Hall–Kier alpha value is -1.27. The minimum atomic E-state index is -4.38. The third-order valence-corrected chi connectivity index (χ3v) is 3.36. The van der Waals surface area contributed by atoms with Crippen LogP contribution < -0.4 is 10.6 Å². The molecule has 1 fully saturated rings. The number of ether oxygens (including phenoxy) is 1. The standard InChI is InChI=1S/C14H19F3N2O/c1-9-7-19(8-10(2)20-9)13-4-3-11(6-18)5-12(13)14(15,16)17/h3-5,9-10H,6-8,18H2,1-2H3. The molecule has 3 nitrogen and oxygen atoms in total. The third-order valence-electron chi connectivity index (χ3n) is 3.36. The molecule has 1 heterocycles. The lowest BCUT2D eigenvalue weighted by Gasteiger charge is -2.38. The van der Waals surface area contributed by atoms with E-state index in [1.54, 1.807) is 11.0 Å². The Kier molecular flexibility index (Phi) is 4.25. The quantitative estimate of drug-likeness (QED) is 0.909. The molecule has 1 aliphatic rings. The van der Waals surface area contributed by atoms with E-state index >= 15 is 0 Å². The van der Waals surface area contributed by atoms with E-state index < -0.39 is 11.7 Å². The first-order valence-electron chi connectivity index (χ1n) is 6.62. The van der Waals surface area contributed by atoms with E-state index in [1.807, 2.05) is 13.8 Å². The second-order valence-electron chi connectivity index (χ2n) is 5.22. The zero-order chi connectivity index (χ0) is 14.9. The van der Waals surface area contributed by atoms with Crippen molar-refractivity contribution < 1.29 is 17.9 Å². The second kappa shape index (κ2) is 5.61. The second-order valence-corrected chi connectivity index (χ2v) is 5.22. The fraction of sp³-hybridized carbons (Fsp3) is 0.571. The number of morpholine rings is 1. The molecular weight excluding hydrogens is 269 g/mol. The van der Waals surface area contributed by atoms with Crippen LogP contribution in [0, 0.1) is 0 Å². The van der Waals surface area contributed by atoms with Crippen molar-refractivity contribution in [3.8, 4) is 0 Å². The number of halogens is 3. The van der Waals surface area contributed by atoms with E-state index in [0.717, 1.165) is 6.07 Å². The molecule has 0 aromatic heterocycles. The molecule has 0 aliphatic carbocycles. The molecule has 2 N–H and O–H groups in total. The number of hydrogen-bond donors (Lipinski definition) is 1. The summed E-state index contributed by atoms with van der Waals surface area (Å²) in [6.45, 7) is 4.73. The van der Waals surface area contributed by atoms with Gasteiger partial charge in [-0.05, 0) is 31.5 Å². The van der Waals surface area contributed by atoms with Crippen LogP contribution in [0.25, 0.3) is 0 Å². The molecule has 2 atom stereocenters. The molecule has 0 radical (unpaired) electrons. The van der Waals surface area contributed by atoms with E-state index in [2.05, 4.69) is 0 Å². The molecule has 1 saturated heterocycles. The summed E-state index contributed by atoms with van der Waals surface area (Å²) in [6.07, 6.45) is -4.56. The van der Waals surface area contributed by atoms with Gasteiger partial charge < -0.3 is 15.4 Å². The Morgan fingerprint density at radius 1 is 1.25 bits per heavy atom. The van der Waals surface area contributed by atoms with E-state index in [-0.39, 0.29) is 24.4 Å². The molecule has 0 amide bonds. The Morgan fingerprint density at radius 3 is 2.35 bits per heavy atom. The molecule has 0 spiro atoms. The molecule has 0 bridgehead atoms. The zero-order valence-corrected chi connectivity index (χ0v) is 11.6. The average Bonchev–Trinajstić information content (AvgIpc) is 2.35. The topological polar surface area (TPSA) is 38.5 Å². The smallest absolute Gasteiger partial charge is 0.372 e. The molecule has 112 valence electrons. The van der Waals surface area contributed by atoms with E-state index in [1.165, 1.54) is 6.07 Å². The maximum Gasteiger partial charge on any atom is 0.418 e. The van der Waals surface area contributed by atoms with Crippen molar-refractivity contribution in [1.82, 2.24) is 0 Å². The van der Waals surface area contributed by atoms with Crippen molar-refractivity contribution in [2.75, 3.05) is 18.0 Å². The molecule has 1 aromatic carbocycles. The van der Waals surface area contributed by atoms with E-state index in [9.17, 15) is 13.2 Å². The van der Waals surface area contributed by atoms with Crippen LogP contribution >= 0.6 is 0 Å². The van der Waals surface area contributed by atoms with Crippen LogP contribution in [0.3, 0.4) is 0 Å². The first kappa shape index (κ1) is 15.1. The minimum Gasteiger partial charge on any atom is -0.372 e. The summed E-state index contributed by atoms with van der Waals surface area (Å²) in [4.78, 5) is 1.74. The Balaban J connectivity index is 2.40. The Labute approximate surface area is 116 Å². The van der Waals surface area contributed by atoms with Gasteiger partial charge in [0.1, 0.15) is 0 Å². The number of nitrogens with two attached hydrogens (primary N) is 1. The average molecular weight is 288 g/mol. The van der Waals surface area contributed by atoms with Crippen molar-refractivity contribution in [3.63, 3.8) is 0 Å². The van der Waals surface area contributed by atoms with Crippen molar-refractivity contribution in [3.05, 3.63) is 29.3 Å². The molecular formula is C14H19F3N2O. The fourth-order valence-electron chi connectivity index (χ4n) is 2.59. The number of benzene rings is 1. The normalized spacial score (nSPS) is 24.0. The number of rotatable bonds is 2. The van der Waals surface area contributed by atoms with Crippen LogP contribution in [0.4, 0.5) is 18.9 Å². The van der Waals surface area contributed by atoms with Crippen LogP contribution in [-0.4, -0.2) is 25.3 Å². The lowest BCUT2D eigenvalue weighted by atomic mass is 10.1. The maximum absolute atomic E-state index is 13.2. The SMILES string of the molecule is CC1CN(c2ccc(CN)cc2C(F)(F)F)CC(C)O1. The maximum atomic E-state index is 13.2. The van der Waals surface area contributed by atoms with E-state index in [4.69, 9.17) is 10.5 Å². The molecule has 2 unspecified atom stereocenters. The summed E-state index contributed by atoms with van der Waals surface area (Å²) in [6, 6.07) is 4.30. The highest BCUT2D eigenvalue weighted by molar-refractivity contribution is 5.57. The summed E-state index contributed by atoms with van der Waals surface area (Å²) in [5.41, 5.74) is 5.50. The number of anilines is 1. The van der Waals surface area contributed by atoms with Gasteiger partial charge in [0.25, 0.3) is 0 Å². The Bertz CT molecular complexity index is 466. The number of hydrogen-bond acceptors (Lipinski definition) is 3. The molecule has 2 rings (SSSR count). The highest BCUT2D eigenvalue weighted by Gasteiger charge is 2.36. The van der Waals surface area contributed by atoms with Gasteiger partial charge in [0.2, 0.25) is 0 Å². The lowest BCUT2D eigenvalue weighted by Crippen LogP contribution is -2.46. The minimum absolute atomic E-state index is 0.0889. The number of alkyl halides is 3. The highest BCUT2D eigenvalue weighted by Crippen LogP contribution is 2.38. The molecule has 20 heavy (non-hydrogen) atoms. The summed E-state index contributed by atoms with van der Waals surface area (Å²) in [5.74, 6) is 0. The lowest BCUT2D eigenvalue weighted by molar-refractivity contribution is -0.137. The molecule has 1 aromatic rings. The van der Waals surface area contributed by atoms with Crippen molar-refractivity contribution in [2.24, 2.45) is 5.73 Å². The highest BCUT2D eigenvalue weighted by atomic mass is 19.4.